The normalized spacial score (nSPS) is 14.3. The van der Waals surface area contributed by atoms with Crippen molar-refractivity contribution >= 4 is 0 Å². The minimum Gasteiger partial charge on any atom is -0.355 e. The highest BCUT2D eigenvalue weighted by atomic mass is 16.7. The van der Waals surface area contributed by atoms with Crippen molar-refractivity contribution in [1.82, 2.24) is 5.32 Å². The lowest BCUT2D eigenvalue weighted by atomic mass is 10.3. The Hall–Kier alpha value is -0.200. The zero-order valence-corrected chi connectivity index (χ0v) is 14.4. The molecule has 0 bridgehead atoms. The highest BCUT2D eigenvalue weighted by Crippen LogP contribution is 2.02. The average Bonchev–Trinajstić information content (AvgIpc) is 2.51. The largest absolute Gasteiger partial charge is 0.355 e. The molecule has 0 rings (SSSR count). The second-order valence-electron chi connectivity index (χ2n) is 5.05. The van der Waals surface area contributed by atoms with E-state index in [2.05, 4.69) is 33.0 Å². The maximum Gasteiger partial charge on any atom is 0.148 e. The van der Waals surface area contributed by atoms with Crippen LogP contribution in [0.2, 0.25) is 0 Å². The molecule has 21 heavy (non-hydrogen) atoms. The van der Waals surface area contributed by atoms with E-state index in [0.717, 1.165) is 51.7 Å². The maximum absolute atomic E-state index is 5.66. The van der Waals surface area contributed by atoms with Crippen LogP contribution in [-0.2, 0) is 18.9 Å². The fourth-order valence-corrected chi connectivity index (χ4v) is 1.65. The summed E-state index contributed by atoms with van der Waals surface area (Å²) in [7, 11) is 0. The van der Waals surface area contributed by atoms with Crippen LogP contribution < -0.4 is 5.32 Å². The first kappa shape index (κ1) is 20.8. The molecule has 5 heteroatoms. The van der Waals surface area contributed by atoms with Crippen LogP contribution in [0, 0.1) is 0 Å². The lowest BCUT2D eigenvalue weighted by Gasteiger charge is -2.24. The van der Waals surface area contributed by atoms with Gasteiger partial charge in [0.15, 0.2) is 0 Å². The molecule has 0 heterocycles. The molecular formula is C16H35NO4. The van der Waals surface area contributed by atoms with Crippen LogP contribution >= 0.6 is 0 Å². The Morgan fingerprint density at radius 1 is 0.714 bits per heavy atom. The van der Waals surface area contributed by atoms with Gasteiger partial charge in [0.1, 0.15) is 26.0 Å². The van der Waals surface area contributed by atoms with Gasteiger partial charge in [-0.25, -0.2) is 0 Å². The molecule has 2 atom stereocenters. The van der Waals surface area contributed by atoms with E-state index in [-0.39, 0.29) is 12.5 Å². The van der Waals surface area contributed by atoms with E-state index < -0.39 is 0 Å². The molecule has 0 aliphatic heterocycles. The lowest BCUT2D eigenvalue weighted by molar-refractivity contribution is -0.144. The van der Waals surface area contributed by atoms with Crippen LogP contribution in [-0.4, -0.2) is 39.3 Å². The van der Waals surface area contributed by atoms with E-state index in [0.29, 0.717) is 13.6 Å². The van der Waals surface area contributed by atoms with Gasteiger partial charge in [-0.1, -0.05) is 40.5 Å². The molecule has 0 spiro atoms. The van der Waals surface area contributed by atoms with Gasteiger partial charge in [-0.2, -0.15) is 0 Å². The van der Waals surface area contributed by atoms with Crippen LogP contribution in [0.4, 0.5) is 0 Å². The summed E-state index contributed by atoms with van der Waals surface area (Å²) in [6.07, 6.45) is 6.06. The lowest BCUT2D eigenvalue weighted by Crippen LogP contribution is -2.41. The monoisotopic (exact) mass is 305 g/mol. The van der Waals surface area contributed by atoms with Gasteiger partial charge >= 0.3 is 0 Å². The molecular weight excluding hydrogens is 270 g/mol. The van der Waals surface area contributed by atoms with Crippen LogP contribution in [0.5, 0.6) is 0 Å². The fraction of sp³-hybridized carbons (Fsp3) is 1.00. The SMILES string of the molecule is CCCCOCOC(CC)NC(CC)OCOCCCC. The molecule has 1 N–H and O–H groups in total. The van der Waals surface area contributed by atoms with Gasteiger partial charge in [0.2, 0.25) is 0 Å². The average molecular weight is 305 g/mol. The molecule has 0 amide bonds. The van der Waals surface area contributed by atoms with Gasteiger partial charge in [-0.3, -0.25) is 5.32 Å². The van der Waals surface area contributed by atoms with Crippen molar-refractivity contribution in [1.29, 1.82) is 0 Å². The van der Waals surface area contributed by atoms with Crippen molar-refractivity contribution in [2.75, 3.05) is 26.8 Å². The van der Waals surface area contributed by atoms with Gasteiger partial charge in [-0.05, 0) is 25.7 Å². The van der Waals surface area contributed by atoms with Crippen LogP contribution in [0.3, 0.4) is 0 Å². The third-order valence-corrected chi connectivity index (χ3v) is 3.10. The minimum absolute atomic E-state index is 0.0489. The first-order valence-electron chi connectivity index (χ1n) is 8.43. The Balaban J connectivity index is 3.73. The summed E-state index contributed by atoms with van der Waals surface area (Å²) < 4.78 is 22.2. The minimum atomic E-state index is -0.0489. The summed E-state index contributed by atoms with van der Waals surface area (Å²) in [6, 6.07) is 0. The quantitative estimate of drug-likeness (QED) is 0.348. The number of nitrogens with one attached hydrogen (secondary N) is 1. The third-order valence-electron chi connectivity index (χ3n) is 3.10. The maximum atomic E-state index is 5.66. The van der Waals surface area contributed by atoms with E-state index in [9.17, 15) is 0 Å². The summed E-state index contributed by atoms with van der Waals surface area (Å²) in [5.41, 5.74) is 0. The van der Waals surface area contributed by atoms with Crippen LogP contribution in [0.1, 0.15) is 66.2 Å². The fourth-order valence-electron chi connectivity index (χ4n) is 1.65. The zero-order chi connectivity index (χ0) is 15.8. The van der Waals surface area contributed by atoms with E-state index in [1.165, 1.54) is 0 Å². The van der Waals surface area contributed by atoms with E-state index in [4.69, 9.17) is 18.9 Å². The van der Waals surface area contributed by atoms with Crippen molar-refractivity contribution in [3.8, 4) is 0 Å². The molecule has 0 aliphatic carbocycles. The zero-order valence-electron chi connectivity index (χ0n) is 14.4. The standard InChI is InChI=1S/C16H35NO4/c1-5-9-11-18-13-20-15(7-3)17-16(8-4)21-14-19-12-10-6-2/h15-17H,5-14H2,1-4H3. The highest BCUT2D eigenvalue weighted by Gasteiger charge is 2.13. The molecule has 0 aromatic rings. The molecule has 5 nitrogen and oxygen atoms in total. The molecule has 0 saturated carbocycles. The predicted molar refractivity (Wildman–Crippen MR) is 84.9 cm³/mol. The van der Waals surface area contributed by atoms with Gasteiger partial charge in [-0.15, -0.1) is 0 Å². The molecule has 0 radical (unpaired) electrons. The number of hydrogen-bond donors (Lipinski definition) is 1. The van der Waals surface area contributed by atoms with Crippen molar-refractivity contribution in [2.24, 2.45) is 0 Å². The second kappa shape index (κ2) is 16.2. The Labute approximate surface area is 130 Å². The Kier molecular flexibility index (Phi) is 16.0. The Bertz CT molecular complexity index is 185. The van der Waals surface area contributed by atoms with Gasteiger partial charge in [0.25, 0.3) is 0 Å². The summed E-state index contributed by atoms with van der Waals surface area (Å²) in [5.74, 6) is 0. The van der Waals surface area contributed by atoms with Crippen molar-refractivity contribution in [3.63, 3.8) is 0 Å². The van der Waals surface area contributed by atoms with Crippen molar-refractivity contribution in [2.45, 2.75) is 78.7 Å². The number of hydrogen-bond acceptors (Lipinski definition) is 5. The summed E-state index contributed by atoms with van der Waals surface area (Å²) >= 11 is 0. The van der Waals surface area contributed by atoms with Crippen molar-refractivity contribution in [3.05, 3.63) is 0 Å². The summed E-state index contributed by atoms with van der Waals surface area (Å²) in [4.78, 5) is 0. The highest BCUT2D eigenvalue weighted by molar-refractivity contribution is 4.57. The van der Waals surface area contributed by atoms with E-state index in [1.807, 2.05) is 0 Å². The van der Waals surface area contributed by atoms with Gasteiger partial charge in [0, 0.05) is 13.2 Å². The van der Waals surface area contributed by atoms with Crippen LogP contribution in [0.25, 0.3) is 0 Å². The molecule has 2 unspecified atom stereocenters. The number of rotatable bonds is 16. The van der Waals surface area contributed by atoms with Gasteiger partial charge in [0.05, 0.1) is 0 Å². The molecule has 0 aliphatic rings. The van der Waals surface area contributed by atoms with E-state index >= 15 is 0 Å². The molecule has 128 valence electrons. The molecule has 0 saturated heterocycles. The smallest absolute Gasteiger partial charge is 0.148 e. The van der Waals surface area contributed by atoms with E-state index in [1.54, 1.807) is 0 Å². The first-order chi connectivity index (χ1) is 10.3. The topological polar surface area (TPSA) is 49.0 Å². The summed E-state index contributed by atoms with van der Waals surface area (Å²) in [6.45, 7) is 10.6. The molecule has 0 aromatic heterocycles. The first-order valence-corrected chi connectivity index (χ1v) is 8.43. The number of ether oxygens (including phenoxy) is 4. The third kappa shape index (κ3) is 13.2. The Morgan fingerprint density at radius 2 is 1.14 bits per heavy atom. The number of unbranched alkanes of at least 4 members (excludes halogenated alkanes) is 2. The second-order valence-corrected chi connectivity index (χ2v) is 5.05. The predicted octanol–water partition coefficient (Wildman–Crippen LogP) is 3.63. The molecule has 0 fully saturated rings. The van der Waals surface area contributed by atoms with Crippen molar-refractivity contribution < 1.29 is 18.9 Å². The Morgan fingerprint density at radius 3 is 1.48 bits per heavy atom. The van der Waals surface area contributed by atoms with Crippen LogP contribution in [0.15, 0.2) is 0 Å². The summed E-state index contributed by atoms with van der Waals surface area (Å²) in [5, 5.41) is 3.33. The van der Waals surface area contributed by atoms with Gasteiger partial charge < -0.3 is 18.9 Å². The molecule has 0 aromatic carbocycles.